The van der Waals surface area contributed by atoms with Crippen LogP contribution >= 0.6 is 0 Å². The number of rotatable bonds is 5. The van der Waals surface area contributed by atoms with Gasteiger partial charge in [0, 0.05) is 18.7 Å². The Hall–Kier alpha value is -1.87. The normalized spacial score (nSPS) is 10.6. The fraction of sp³-hybridized carbons (Fsp3) is 0.312. The highest BCUT2D eigenvalue weighted by Crippen LogP contribution is 2.17. The molecule has 0 amide bonds. The molecule has 0 aliphatic carbocycles. The summed E-state index contributed by atoms with van der Waals surface area (Å²) in [4.78, 5) is 12.4. The van der Waals surface area contributed by atoms with Gasteiger partial charge in [-0.1, -0.05) is 43.3 Å². The monoisotopic (exact) mass is 256 g/mol. The summed E-state index contributed by atoms with van der Waals surface area (Å²) in [5.41, 5.74) is 2.98. The van der Waals surface area contributed by atoms with Crippen LogP contribution in [0.1, 0.15) is 19.4 Å². The highest BCUT2D eigenvalue weighted by Gasteiger charge is 2.08. The lowest BCUT2D eigenvalue weighted by molar-refractivity contribution is 0.682. The Bertz CT molecular complexity index is 587. The Morgan fingerprint density at radius 2 is 1.79 bits per heavy atom. The molecule has 100 valence electrons. The molecule has 2 aromatic rings. The molecule has 0 saturated heterocycles. The molecule has 0 spiro atoms. The molecule has 1 aromatic heterocycles. The fourth-order valence-electron chi connectivity index (χ4n) is 2.19. The second-order valence-electron chi connectivity index (χ2n) is 4.44. The SMILES string of the molecule is CCNCc1ccc(-c2ccccc2)n(CC)c1=O. The lowest BCUT2D eigenvalue weighted by Gasteiger charge is -2.13. The number of nitrogens with one attached hydrogen (secondary N) is 1. The molecular weight excluding hydrogens is 236 g/mol. The van der Waals surface area contributed by atoms with Gasteiger partial charge in [-0.2, -0.15) is 0 Å². The summed E-state index contributed by atoms with van der Waals surface area (Å²) >= 11 is 0. The third-order valence-electron chi connectivity index (χ3n) is 3.20. The Morgan fingerprint density at radius 1 is 1.05 bits per heavy atom. The van der Waals surface area contributed by atoms with Gasteiger partial charge in [0.25, 0.3) is 5.56 Å². The van der Waals surface area contributed by atoms with Crippen LogP contribution in [0.2, 0.25) is 0 Å². The van der Waals surface area contributed by atoms with Crippen LogP contribution in [0, 0.1) is 0 Å². The van der Waals surface area contributed by atoms with Crippen molar-refractivity contribution >= 4 is 0 Å². The van der Waals surface area contributed by atoms with Crippen molar-refractivity contribution < 1.29 is 0 Å². The van der Waals surface area contributed by atoms with Crippen LogP contribution < -0.4 is 10.9 Å². The van der Waals surface area contributed by atoms with Crippen LogP contribution in [0.15, 0.2) is 47.3 Å². The third-order valence-corrected chi connectivity index (χ3v) is 3.20. The molecule has 0 atom stereocenters. The third kappa shape index (κ3) is 2.93. The predicted octanol–water partition coefficient (Wildman–Crippen LogP) is 2.64. The maximum atomic E-state index is 12.4. The number of aromatic nitrogens is 1. The second-order valence-corrected chi connectivity index (χ2v) is 4.44. The van der Waals surface area contributed by atoms with Gasteiger partial charge in [0.1, 0.15) is 0 Å². The summed E-state index contributed by atoms with van der Waals surface area (Å²) in [6, 6.07) is 14.0. The lowest BCUT2D eigenvalue weighted by Crippen LogP contribution is -2.27. The molecular formula is C16H20N2O. The number of hydrogen-bond donors (Lipinski definition) is 1. The molecule has 1 N–H and O–H groups in total. The van der Waals surface area contributed by atoms with Gasteiger partial charge < -0.3 is 9.88 Å². The van der Waals surface area contributed by atoms with Gasteiger partial charge in [0.2, 0.25) is 0 Å². The zero-order valence-corrected chi connectivity index (χ0v) is 11.5. The van der Waals surface area contributed by atoms with Crippen LogP contribution in [-0.2, 0) is 13.1 Å². The van der Waals surface area contributed by atoms with E-state index in [2.05, 4.69) is 5.32 Å². The van der Waals surface area contributed by atoms with Crippen LogP contribution in [0.5, 0.6) is 0 Å². The number of hydrogen-bond acceptors (Lipinski definition) is 2. The molecule has 19 heavy (non-hydrogen) atoms. The molecule has 0 aliphatic rings. The van der Waals surface area contributed by atoms with Crippen molar-refractivity contribution in [2.75, 3.05) is 6.54 Å². The molecule has 0 bridgehead atoms. The molecule has 0 saturated carbocycles. The molecule has 0 radical (unpaired) electrons. The highest BCUT2D eigenvalue weighted by atomic mass is 16.1. The van der Waals surface area contributed by atoms with E-state index in [0.29, 0.717) is 13.1 Å². The summed E-state index contributed by atoms with van der Waals surface area (Å²) in [7, 11) is 0. The Morgan fingerprint density at radius 3 is 2.42 bits per heavy atom. The van der Waals surface area contributed by atoms with Crippen LogP contribution in [0.25, 0.3) is 11.3 Å². The number of benzene rings is 1. The summed E-state index contributed by atoms with van der Waals surface area (Å²) in [6.07, 6.45) is 0. The highest BCUT2D eigenvalue weighted by molar-refractivity contribution is 5.59. The molecule has 2 rings (SSSR count). The molecule has 3 heteroatoms. The first-order chi connectivity index (χ1) is 9.27. The van der Waals surface area contributed by atoms with Gasteiger partial charge in [0.15, 0.2) is 0 Å². The summed E-state index contributed by atoms with van der Waals surface area (Å²) < 4.78 is 1.84. The Labute approximate surface area is 113 Å². The predicted molar refractivity (Wildman–Crippen MR) is 79.2 cm³/mol. The van der Waals surface area contributed by atoms with E-state index in [4.69, 9.17) is 0 Å². The van der Waals surface area contributed by atoms with Gasteiger partial charge in [-0.25, -0.2) is 0 Å². The van der Waals surface area contributed by atoms with E-state index < -0.39 is 0 Å². The molecule has 1 aromatic carbocycles. The zero-order valence-electron chi connectivity index (χ0n) is 11.5. The van der Waals surface area contributed by atoms with Crippen molar-refractivity contribution in [2.45, 2.75) is 26.9 Å². The average molecular weight is 256 g/mol. The number of nitrogens with zero attached hydrogens (tertiary/aromatic N) is 1. The Balaban J connectivity index is 2.47. The quantitative estimate of drug-likeness (QED) is 0.892. The van der Waals surface area contributed by atoms with Crippen molar-refractivity contribution in [2.24, 2.45) is 0 Å². The molecule has 0 fully saturated rings. The van der Waals surface area contributed by atoms with E-state index in [-0.39, 0.29) is 5.56 Å². The van der Waals surface area contributed by atoms with Crippen molar-refractivity contribution in [1.29, 1.82) is 0 Å². The van der Waals surface area contributed by atoms with Crippen LogP contribution in [0.3, 0.4) is 0 Å². The van der Waals surface area contributed by atoms with Crippen molar-refractivity contribution in [3.63, 3.8) is 0 Å². The van der Waals surface area contributed by atoms with Gasteiger partial charge in [-0.15, -0.1) is 0 Å². The minimum atomic E-state index is 0.102. The molecule has 3 nitrogen and oxygen atoms in total. The maximum Gasteiger partial charge on any atom is 0.255 e. The van der Waals surface area contributed by atoms with Gasteiger partial charge in [-0.05, 0) is 25.1 Å². The summed E-state index contributed by atoms with van der Waals surface area (Å²) in [6.45, 7) is 6.22. The minimum Gasteiger partial charge on any atom is -0.313 e. The standard InChI is InChI=1S/C16H20N2O/c1-3-17-12-14-10-11-15(18(4-2)16(14)19)13-8-6-5-7-9-13/h5-11,17H,3-4,12H2,1-2H3. The van der Waals surface area contributed by atoms with Crippen molar-refractivity contribution in [1.82, 2.24) is 9.88 Å². The average Bonchev–Trinajstić information content (AvgIpc) is 2.46. The molecule has 1 heterocycles. The summed E-state index contributed by atoms with van der Waals surface area (Å²) in [5.74, 6) is 0. The smallest absolute Gasteiger partial charge is 0.255 e. The Kier molecular flexibility index (Phi) is 4.53. The topological polar surface area (TPSA) is 34.0 Å². The molecule has 0 unspecified atom stereocenters. The van der Waals surface area contributed by atoms with Crippen molar-refractivity contribution in [3.05, 3.63) is 58.4 Å². The first-order valence-corrected chi connectivity index (χ1v) is 6.76. The van der Waals surface area contributed by atoms with Gasteiger partial charge >= 0.3 is 0 Å². The largest absolute Gasteiger partial charge is 0.313 e. The van der Waals surface area contributed by atoms with Crippen LogP contribution in [0.4, 0.5) is 0 Å². The van der Waals surface area contributed by atoms with E-state index in [0.717, 1.165) is 23.4 Å². The van der Waals surface area contributed by atoms with Crippen LogP contribution in [-0.4, -0.2) is 11.1 Å². The zero-order chi connectivity index (χ0) is 13.7. The van der Waals surface area contributed by atoms with E-state index in [9.17, 15) is 4.79 Å². The van der Waals surface area contributed by atoms with E-state index in [1.54, 1.807) is 0 Å². The second kappa shape index (κ2) is 6.34. The minimum absolute atomic E-state index is 0.102. The number of pyridine rings is 1. The first-order valence-electron chi connectivity index (χ1n) is 6.76. The van der Waals surface area contributed by atoms with Gasteiger partial charge in [-0.3, -0.25) is 4.79 Å². The summed E-state index contributed by atoms with van der Waals surface area (Å²) in [5, 5.41) is 3.20. The maximum absolute atomic E-state index is 12.4. The molecule has 0 aliphatic heterocycles. The van der Waals surface area contributed by atoms with E-state index in [1.807, 2.05) is 60.9 Å². The van der Waals surface area contributed by atoms with Crippen molar-refractivity contribution in [3.8, 4) is 11.3 Å². The van der Waals surface area contributed by atoms with E-state index >= 15 is 0 Å². The lowest BCUT2D eigenvalue weighted by atomic mass is 10.1. The fourth-order valence-corrected chi connectivity index (χ4v) is 2.19. The van der Waals surface area contributed by atoms with Gasteiger partial charge in [0.05, 0.1) is 5.69 Å². The first kappa shape index (κ1) is 13.6. The van der Waals surface area contributed by atoms with E-state index in [1.165, 1.54) is 0 Å².